The molecule has 104 valence electrons. The molecule has 0 bridgehead atoms. The van der Waals surface area contributed by atoms with Crippen LogP contribution in [-0.2, 0) is 9.59 Å². The number of aliphatic carboxylic acids is 1. The standard InChI is InChI=1S/C14H25NO3/c1-9(2)11(13(17)18)12(16)15-8-14(3,4)10-6-5-7-10/h9-11H,5-8H2,1-4H3,(H,15,16)(H,17,18). The number of amides is 1. The summed E-state index contributed by atoms with van der Waals surface area (Å²) in [6.07, 6.45) is 3.70. The number of hydrogen-bond acceptors (Lipinski definition) is 2. The van der Waals surface area contributed by atoms with Crippen molar-refractivity contribution in [2.24, 2.45) is 23.2 Å². The SMILES string of the molecule is CC(C)C(C(=O)O)C(=O)NCC(C)(C)C1CCC1. The molecule has 0 aliphatic heterocycles. The number of hydrogen-bond donors (Lipinski definition) is 2. The smallest absolute Gasteiger partial charge is 0.316 e. The maximum atomic E-state index is 11.9. The van der Waals surface area contributed by atoms with Crippen LogP contribution in [0, 0.1) is 23.2 Å². The average Bonchev–Trinajstić information content (AvgIpc) is 2.09. The predicted molar refractivity (Wildman–Crippen MR) is 70.1 cm³/mol. The summed E-state index contributed by atoms with van der Waals surface area (Å²) >= 11 is 0. The van der Waals surface area contributed by atoms with Crippen LogP contribution in [0.15, 0.2) is 0 Å². The third-order valence-corrected chi connectivity index (χ3v) is 4.14. The van der Waals surface area contributed by atoms with Gasteiger partial charge in [-0.15, -0.1) is 0 Å². The molecule has 1 aliphatic rings. The second-order valence-electron chi connectivity index (χ2n) is 6.39. The fraction of sp³-hybridized carbons (Fsp3) is 0.857. The van der Waals surface area contributed by atoms with Crippen LogP contribution >= 0.6 is 0 Å². The third-order valence-electron chi connectivity index (χ3n) is 4.14. The normalized spacial score (nSPS) is 18.3. The summed E-state index contributed by atoms with van der Waals surface area (Å²) in [5.74, 6) is -1.87. The number of rotatable bonds is 6. The Hall–Kier alpha value is -1.06. The zero-order valence-electron chi connectivity index (χ0n) is 11.8. The first-order valence-corrected chi connectivity index (χ1v) is 6.76. The molecular weight excluding hydrogens is 230 g/mol. The van der Waals surface area contributed by atoms with Crippen molar-refractivity contribution >= 4 is 11.9 Å². The molecule has 18 heavy (non-hydrogen) atoms. The Kier molecular flexibility index (Phi) is 4.77. The quantitative estimate of drug-likeness (QED) is 0.716. The van der Waals surface area contributed by atoms with E-state index in [4.69, 9.17) is 5.11 Å². The molecule has 2 N–H and O–H groups in total. The van der Waals surface area contributed by atoms with Gasteiger partial charge in [-0.25, -0.2) is 0 Å². The van der Waals surface area contributed by atoms with E-state index >= 15 is 0 Å². The van der Waals surface area contributed by atoms with E-state index in [-0.39, 0.29) is 17.2 Å². The Balaban J connectivity index is 2.51. The highest BCUT2D eigenvalue weighted by Gasteiger charge is 2.36. The molecule has 1 aliphatic carbocycles. The Morgan fingerprint density at radius 3 is 2.22 bits per heavy atom. The van der Waals surface area contributed by atoms with Gasteiger partial charge in [0.2, 0.25) is 5.91 Å². The minimum atomic E-state index is -1.04. The molecule has 0 aromatic carbocycles. The van der Waals surface area contributed by atoms with Crippen LogP contribution in [0.5, 0.6) is 0 Å². The molecule has 0 aromatic rings. The molecule has 0 heterocycles. The maximum Gasteiger partial charge on any atom is 0.316 e. The van der Waals surface area contributed by atoms with Crippen LogP contribution in [0.2, 0.25) is 0 Å². The summed E-state index contributed by atoms with van der Waals surface area (Å²) in [5, 5.41) is 11.9. The molecule has 0 radical (unpaired) electrons. The molecule has 1 amide bonds. The lowest BCUT2D eigenvalue weighted by molar-refractivity contribution is -0.149. The zero-order chi connectivity index (χ0) is 13.9. The molecule has 4 heteroatoms. The van der Waals surface area contributed by atoms with Crippen LogP contribution in [0.1, 0.15) is 47.0 Å². The number of carboxylic acid groups (broad SMARTS) is 1. The summed E-state index contributed by atoms with van der Waals surface area (Å²) in [4.78, 5) is 23.0. The van der Waals surface area contributed by atoms with Gasteiger partial charge in [0, 0.05) is 6.54 Å². The summed E-state index contributed by atoms with van der Waals surface area (Å²) in [7, 11) is 0. The predicted octanol–water partition coefficient (Wildman–Crippen LogP) is 2.29. The molecule has 1 rings (SSSR count). The van der Waals surface area contributed by atoms with Crippen LogP contribution < -0.4 is 5.32 Å². The minimum absolute atomic E-state index is 0.0634. The summed E-state index contributed by atoms with van der Waals surface area (Å²) in [6.45, 7) is 8.36. The Morgan fingerprint density at radius 1 is 1.33 bits per heavy atom. The third kappa shape index (κ3) is 3.47. The van der Waals surface area contributed by atoms with Gasteiger partial charge in [-0.05, 0) is 30.1 Å². The molecule has 1 unspecified atom stereocenters. The van der Waals surface area contributed by atoms with Crippen LogP contribution in [-0.4, -0.2) is 23.5 Å². The Bertz CT molecular complexity index is 319. The van der Waals surface area contributed by atoms with Gasteiger partial charge in [-0.2, -0.15) is 0 Å². The molecular formula is C14H25NO3. The van der Waals surface area contributed by atoms with Crippen molar-refractivity contribution in [3.63, 3.8) is 0 Å². The second kappa shape index (κ2) is 5.72. The monoisotopic (exact) mass is 255 g/mol. The van der Waals surface area contributed by atoms with E-state index in [0.717, 1.165) is 0 Å². The van der Waals surface area contributed by atoms with E-state index < -0.39 is 11.9 Å². The van der Waals surface area contributed by atoms with Crippen LogP contribution in [0.25, 0.3) is 0 Å². The lowest BCUT2D eigenvalue weighted by Crippen LogP contribution is -2.45. The number of nitrogens with one attached hydrogen (secondary N) is 1. The number of carboxylic acids is 1. The fourth-order valence-electron chi connectivity index (χ4n) is 2.46. The van der Waals surface area contributed by atoms with Crippen LogP contribution in [0.3, 0.4) is 0 Å². The van der Waals surface area contributed by atoms with Gasteiger partial charge < -0.3 is 10.4 Å². The van der Waals surface area contributed by atoms with Crippen LogP contribution in [0.4, 0.5) is 0 Å². The highest BCUT2D eigenvalue weighted by molar-refractivity contribution is 5.97. The molecule has 4 nitrogen and oxygen atoms in total. The van der Waals surface area contributed by atoms with Crippen molar-refractivity contribution in [3.8, 4) is 0 Å². The maximum absolute atomic E-state index is 11.9. The van der Waals surface area contributed by atoms with E-state index in [1.54, 1.807) is 13.8 Å². The molecule has 1 saturated carbocycles. The molecule has 1 fully saturated rings. The van der Waals surface area contributed by atoms with Crippen molar-refractivity contribution in [1.29, 1.82) is 0 Å². The Labute approximate surface area is 109 Å². The first-order valence-electron chi connectivity index (χ1n) is 6.76. The summed E-state index contributed by atoms with van der Waals surface area (Å²) in [5.41, 5.74) is 0.0634. The van der Waals surface area contributed by atoms with Gasteiger partial charge in [0.15, 0.2) is 0 Å². The fourth-order valence-corrected chi connectivity index (χ4v) is 2.46. The highest BCUT2D eigenvalue weighted by Crippen LogP contribution is 2.41. The molecule has 0 saturated heterocycles. The van der Waals surface area contributed by atoms with Crippen molar-refractivity contribution in [3.05, 3.63) is 0 Å². The van der Waals surface area contributed by atoms with Gasteiger partial charge in [0.25, 0.3) is 0 Å². The minimum Gasteiger partial charge on any atom is -0.481 e. The number of carbonyl (C=O) groups is 2. The van der Waals surface area contributed by atoms with Gasteiger partial charge >= 0.3 is 5.97 Å². The Morgan fingerprint density at radius 2 is 1.89 bits per heavy atom. The average molecular weight is 255 g/mol. The molecule has 0 aromatic heterocycles. The van der Waals surface area contributed by atoms with Crippen molar-refractivity contribution in [1.82, 2.24) is 5.32 Å². The van der Waals surface area contributed by atoms with Gasteiger partial charge in [0.1, 0.15) is 5.92 Å². The first kappa shape index (κ1) is 15.0. The number of carbonyl (C=O) groups excluding carboxylic acids is 1. The van der Waals surface area contributed by atoms with E-state index in [2.05, 4.69) is 19.2 Å². The van der Waals surface area contributed by atoms with Crippen molar-refractivity contribution < 1.29 is 14.7 Å². The van der Waals surface area contributed by atoms with Gasteiger partial charge in [-0.1, -0.05) is 34.1 Å². The van der Waals surface area contributed by atoms with E-state index in [0.29, 0.717) is 12.5 Å². The van der Waals surface area contributed by atoms with Crippen molar-refractivity contribution in [2.75, 3.05) is 6.54 Å². The zero-order valence-corrected chi connectivity index (χ0v) is 11.8. The highest BCUT2D eigenvalue weighted by atomic mass is 16.4. The summed E-state index contributed by atoms with van der Waals surface area (Å²) < 4.78 is 0. The van der Waals surface area contributed by atoms with Gasteiger partial charge in [-0.3, -0.25) is 9.59 Å². The second-order valence-corrected chi connectivity index (χ2v) is 6.39. The molecule has 1 atom stereocenters. The van der Waals surface area contributed by atoms with Crippen molar-refractivity contribution in [2.45, 2.75) is 47.0 Å². The largest absolute Gasteiger partial charge is 0.481 e. The first-order chi connectivity index (χ1) is 8.25. The lowest BCUT2D eigenvalue weighted by Gasteiger charge is -2.40. The van der Waals surface area contributed by atoms with E-state index in [1.165, 1.54) is 19.3 Å². The van der Waals surface area contributed by atoms with E-state index in [9.17, 15) is 9.59 Å². The van der Waals surface area contributed by atoms with E-state index in [1.807, 2.05) is 0 Å². The van der Waals surface area contributed by atoms with Gasteiger partial charge in [0.05, 0.1) is 0 Å². The topological polar surface area (TPSA) is 66.4 Å². The lowest BCUT2D eigenvalue weighted by atomic mass is 9.67. The molecule has 0 spiro atoms. The summed E-state index contributed by atoms with van der Waals surface area (Å²) in [6, 6.07) is 0.